The molecule has 3 aromatic rings. The molecule has 1 heterocycles. The van der Waals surface area contributed by atoms with Gasteiger partial charge < -0.3 is 4.90 Å². The van der Waals surface area contributed by atoms with Gasteiger partial charge in [0.1, 0.15) is 0 Å². The third-order valence-corrected chi connectivity index (χ3v) is 8.58. The average Bonchev–Trinajstić information content (AvgIpc) is 2.79. The Morgan fingerprint density at radius 1 is 0.968 bits per heavy atom. The summed E-state index contributed by atoms with van der Waals surface area (Å²) in [5, 5.41) is 1.18. The van der Waals surface area contributed by atoms with E-state index in [4.69, 9.17) is 11.6 Å². The van der Waals surface area contributed by atoms with Gasteiger partial charge in [0.2, 0.25) is 9.84 Å². The number of alkyl halides is 1. The van der Waals surface area contributed by atoms with Crippen molar-refractivity contribution in [3.05, 3.63) is 99.9 Å². The van der Waals surface area contributed by atoms with Crippen molar-refractivity contribution in [2.75, 3.05) is 23.3 Å². The number of sulfone groups is 1. The van der Waals surface area contributed by atoms with Crippen LogP contribution in [0.2, 0.25) is 5.02 Å². The van der Waals surface area contributed by atoms with Gasteiger partial charge in [0.25, 0.3) is 0 Å². The third kappa shape index (κ3) is 4.45. The lowest BCUT2D eigenvalue weighted by molar-refractivity contribution is 0.596. The summed E-state index contributed by atoms with van der Waals surface area (Å²) in [7, 11) is -3.71. The van der Waals surface area contributed by atoms with Gasteiger partial charge in [-0.15, -0.1) is 0 Å². The first-order valence-corrected chi connectivity index (χ1v) is 13.1. The van der Waals surface area contributed by atoms with E-state index in [0.717, 1.165) is 28.9 Å². The summed E-state index contributed by atoms with van der Waals surface area (Å²) in [5.41, 5.74) is 4.02. The maximum Gasteiger partial charge on any atom is 0.204 e. The lowest BCUT2D eigenvalue weighted by atomic mass is 9.90. The number of halogens is 2. The second-order valence-electron chi connectivity index (χ2n) is 7.68. The summed E-state index contributed by atoms with van der Waals surface area (Å²) >= 11 is 9.67. The van der Waals surface area contributed by atoms with Crippen molar-refractivity contribution < 1.29 is 8.42 Å². The Hall–Kier alpha value is -2.08. The van der Waals surface area contributed by atoms with Crippen molar-refractivity contribution in [3.63, 3.8) is 0 Å². The molecular weight excluding hydrogens is 494 g/mol. The number of aryl methyl sites for hydroxylation is 1. The third-order valence-electron chi connectivity index (χ3n) is 5.66. The van der Waals surface area contributed by atoms with E-state index in [2.05, 4.69) is 39.9 Å². The fourth-order valence-corrected chi connectivity index (χ4v) is 6.47. The van der Waals surface area contributed by atoms with Crippen LogP contribution in [0.3, 0.4) is 0 Å². The smallest absolute Gasteiger partial charge is 0.204 e. The van der Waals surface area contributed by atoms with E-state index < -0.39 is 9.84 Å². The molecule has 0 aromatic heterocycles. The topological polar surface area (TPSA) is 37.4 Å². The zero-order valence-electron chi connectivity index (χ0n) is 17.1. The summed E-state index contributed by atoms with van der Waals surface area (Å²) in [4.78, 5) is 2.89. The minimum absolute atomic E-state index is 0.0211. The van der Waals surface area contributed by atoms with Crippen molar-refractivity contribution in [1.82, 2.24) is 0 Å². The van der Waals surface area contributed by atoms with Crippen LogP contribution < -0.4 is 4.90 Å². The normalized spacial score (nSPS) is 17.1. The van der Waals surface area contributed by atoms with E-state index in [9.17, 15) is 8.42 Å². The van der Waals surface area contributed by atoms with Crippen molar-refractivity contribution in [2.45, 2.75) is 11.8 Å². The Bertz CT molecular complexity index is 1210. The van der Waals surface area contributed by atoms with Crippen molar-refractivity contribution in [2.24, 2.45) is 5.92 Å². The first-order chi connectivity index (χ1) is 14.9. The Morgan fingerprint density at radius 3 is 2.26 bits per heavy atom. The molecule has 0 amide bonds. The minimum Gasteiger partial charge on any atom is -0.366 e. The van der Waals surface area contributed by atoms with E-state index >= 15 is 0 Å². The standard InChI is InChI=1S/C25H23BrClNO2S/c1-18-7-5-6-10-23(18)28-16-20(15-26)25(19-8-3-2-4-9-19)24(17-28)31(29,30)22-13-11-21(27)12-14-22/h2-14,20H,15-17H2,1H3. The number of anilines is 1. The number of nitrogens with zero attached hydrogens (tertiary/aromatic N) is 1. The molecule has 0 saturated carbocycles. The van der Waals surface area contributed by atoms with Crippen molar-refractivity contribution in [1.29, 1.82) is 0 Å². The van der Waals surface area contributed by atoms with Crippen LogP contribution in [0.15, 0.2) is 88.7 Å². The predicted octanol–water partition coefficient (Wildman–Crippen LogP) is 6.36. The second kappa shape index (κ2) is 9.19. The molecule has 1 unspecified atom stereocenters. The molecule has 0 saturated heterocycles. The van der Waals surface area contributed by atoms with Gasteiger partial charge in [0.15, 0.2) is 0 Å². The highest BCUT2D eigenvalue weighted by molar-refractivity contribution is 9.09. The highest BCUT2D eigenvalue weighted by Gasteiger charge is 2.35. The van der Waals surface area contributed by atoms with Gasteiger partial charge in [0, 0.05) is 28.5 Å². The number of hydrogen-bond acceptors (Lipinski definition) is 3. The van der Waals surface area contributed by atoms with Gasteiger partial charge in [-0.05, 0) is 54.0 Å². The van der Waals surface area contributed by atoms with Crippen LogP contribution in [0.1, 0.15) is 11.1 Å². The van der Waals surface area contributed by atoms with Crippen molar-refractivity contribution >= 4 is 48.6 Å². The average molecular weight is 517 g/mol. The number of para-hydroxylation sites is 1. The molecule has 4 rings (SSSR count). The molecule has 0 aliphatic carbocycles. The summed E-state index contributed by atoms with van der Waals surface area (Å²) in [5.74, 6) is 0.0211. The molecular formula is C25H23BrClNO2S. The van der Waals surface area contributed by atoms with Gasteiger partial charge in [-0.3, -0.25) is 0 Å². The lowest BCUT2D eigenvalue weighted by Crippen LogP contribution is -2.40. The molecule has 3 nitrogen and oxygen atoms in total. The van der Waals surface area contributed by atoms with E-state index in [1.54, 1.807) is 24.3 Å². The second-order valence-corrected chi connectivity index (χ2v) is 10.7. The van der Waals surface area contributed by atoms with E-state index in [0.29, 0.717) is 21.8 Å². The number of benzene rings is 3. The molecule has 0 bridgehead atoms. The summed E-state index contributed by atoms with van der Waals surface area (Å²) in [6.07, 6.45) is 0. The van der Waals surface area contributed by atoms with Crippen LogP contribution >= 0.6 is 27.5 Å². The maximum absolute atomic E-state index is 13.9. The van der Waals surface area contributed by atoms with Crippen LogP contribution in [0.4, 0.5) is 5.69 Å². The molecule has 6 heteroatoms. The minimum atomic E-state index is -3.71. The van der Waals surface area contributed by atoms with Gasteiger partial charge in [-0.1, -0.05) is 76.1 Å². The van der Waals surface area contributed by atoms with Gasteiger partial charge in [-0.25, -0.2) is 8.42 Å². The SMILES string of the molecule is Cc1ccccc1N1CC(S(=O)(=O)c2ccc(Cl)cc2)=C(c2ccccc2)C(CBr)C1. The maximum atomic E-state index is 13.9. The summed E-state index contributed by atoms with van der Waals surface area (Å²) < 4.78 is 27.7. The Morgan fingerprint density at radius 2 is 1.61 bits per heavy atom. The first-order valence-electron chi connectivity index (χ1n) is 10.1. The van der Waals surface area contributed by atoms with Crippen molar-refractivity contribution in [3.8, 4) is 0 Å². The summed E-state index contributed by atoms with van der Waals surface area (Å²) in [6.45, 7) is 3.12. The van der Waals surface area contributed by atoms with Gasteiger partial charge >= 0.3 is 0 Å². The molecule has 0 spiro atoms. The largest absolute Gasteiger partial charge is 0.366 e. The van der Waals surface area contributed by atoms with Crippen LogP contribution in [0.25, 0.3) is 5.57 Å². The molecule has 31 heavy (non-hydrogen) atoms. The predicted molar refractivity (Wildman–Crippen MR) is 133 cm³/mol. The number of hydrogen-bond donors (Lipinski definition) is 0. The van der Waals surface area contributed by atoms with E-state index in [-0.39, 0.29) is 10.8 Å². The molecule has 0 N–H and O–H groups in total. The molecule has 1 aliphatic heterocycles. The lowest BCUT2D eigenvalue weighted by Gasteiger charge is -2.38. The monoisotopic (exact) mass is 515 g/mol. The molecule has 1 aliphatic rings. The van der Waals surface area contributed by atoms with E-state index in [1.165, 1.54) is 0 Å². The number of rotatable bonds is 5. The van der Waals surface area contributed by atoms with E-state index in [1.807, 2.05) is 42.5 Å². The highest BCUT2D eigenvalue weighted by atomic mass is 79.9. The van der Waals surface area contributed by atoms with Crippen LogP contribution in [-0.4, -0.2) is 26.8 Å². The van der Waals surface area contributed by atoms with Gasteiger partial charge in [-0.2, -0.15) is 0 Å². The van der Waals surface area contributed by atoms with Gasteiger partial charge in [0.05, 0.1) is 16.3 Å². The molecule has 160 valence electrons. The fraction of sp³-hybridized carbons (Fsp3) is 0.200. The zero-order valence-corrected chi connectivity index (χ0v) is 20.3. The fourth-order valence-electron chi connectivity index (χ4n) is 4.14. The van der Waals surface area contributed by atoms with Crippen LogP contribution in [-0.2, 0) is 9.84 Å². The Balaban J connectivity index is 1.92. The molecule has 1 atom stereocenters. The Kier molecular flexibility index (Phi) is 6.56. The quantitative estimate of drug-likeness (QED) is 0.370. The first kappa shape index (κ1) is 22.1. The highest BCUT2D eigenvalue weighted by Crippen LogP contribution is 2.40. The molecule has 0 radical (unpaired) electrons. The zero-order chi connectivity index (χ0) is 22.0. The summed E-state index contributed by atoms with van der Waals surface area (Å²) in [6, 6.07) is 24.4. The molecule has 3 aromatic carbocycles. The molecule has 0 fully saturated rings. The van der Waals surface area contributed by atoms with Crippen LogP contribution in [0.5, 0.6) is 0 Å². The van der Waals surface area contributed by atoms with Crippen LogP contribution in [0, 0.1) is 12.8 Å². The Labute approximate surface area is 197 Å².